The fraction of sp³-hybridized carbons (Fsp3) is 0.474. The maximum Gasteiger partial charge on any atom is 0.229 e. The predicted octanol–water partition coefficient (Wildman–Crippen LogP) is 4.53. The van der Waals surface area contributed by atoms with E-state index in [1.807, 2.05) is 6.92 Å². The zero-order valence-electron chi connectivity index (χ0n) is 14.4. The largest absolute Gasteiger partial charge is 0.356 e. The number of hydrogen-bond acceptors (Lipinski definition) is 4. The van der Waals surface area contributed by atoms with Gasteiger partial charge in [-0.3, -0.25) is 0 Å². The van der Waals surface area contributed by atoms with Crippen LogP contribution in [-0.2, 0) is 0 Å². The summed E-state index contributed by atoms with van der Waals surface area (Å²) in [5.41, 5.74) is 4.56. The van der Waals surface area contributed by atoms with Crippen LogP contribution < -0.4 is 10.2 Å². The van der Waals surface area contributed by atoms with Crippen molar-refractivity contribution in [2.24, 2.45) is 0 Å². The second-order valence-corrected chi connectivity index (χ2v) is 6.54. The molecule has 0 atom stereocenters. The number of rotatable bonds is 3. The minimum absolute atomic E-state index is 0.691. The molecule has 23 heavy (non-hydrogen) atoms. The minimum Gasteiger partial charge on any atom is -0.356 e. The summed E-state index contributed by atoms with van der Waals surface area (Å²) in [6.07, 6.45) is 5.16. The van der Waals surface area contributed by atoms with Gasteiger partial charge in [0, 0.05) is 30.5 Å². The molecule has 1 fully saturated rings. The molecular formula is C19H26N4. The van der Waals surface area contributed by atoms with Crippen molar-refractivity contribution in [1.82, 2.24) is 9.97 Å². The molecule has 4 nitrogen and oxygen atoms in total. The number of aryl methyl sites for hydroxylation is 3. The fourth-order valence-corrected chi connectivity index (χ4v) is 3.14. The van der Waals surface area contributed by atoms with Crippen molar-refractivity contribution < 1.29 is 0 Å². The molecule has 0 bridgehead atoms. The van der Waals surface area contributed by atoms with Gasteiger partial charge in [-0.05, 0) is 45.2 Å². The van der Waals surface area contributed by atoms with Crippen molar-refractivity contribution >= 4 is 17.5 Å². The van der Waals surface area contributed by atoms with E-state index in [0.717, 1.165) is 30.3 Å². The van der Waals surface area contributed by atoms with Gasteiger partial charge in [0.2, 0.25) is 5.95 Å². The average molecular weight is 310 g/mol. The van der Waals surface area contributed by atoms with Gasteiger partial charge in [0.15, 0.2) is 0 Å². The van der Waals surface area contributed by atoms with Crippen LogP contribution in [0.25, 0.3) is 0 Å². The first-order valence-corrected chi connectivity index (χ1v) is 8.57. The second kappa shape index (κ2) is 6.99. The Hall–Kier alpha value is -2.10. The summed E-state index contributed by atoms with van der Waals surface area (Å²) in [6, 6.07) is 8.48. The van der Waals surface area contributed by atoms with Crippen LogP contribution in [0.3, 0.4) is 0 Å². The maximum atomic E-state index is 4.76. The van der Waals surface area contributed by atoms with Crippen LogP contribution in [0.4, 0.5) is 17.5 Å². The molecule has 3 rings (SSSR count). The van der Waals surface area contributed by atoms with E-state index in [4.69, 9.17) is 4.98 Å². The van der Waals surface area contributed by atoms with Crippen molar-refractivity contribution in [3.05, 3.63) is 41.1 Å². The molecule has 0 spiro atoms. The third-order valence-electron chi connectivity index (χ3n) is 4.40. The highest BCUT2D eigenvalue weighted by molar-refractivity contribution is 5.60. The van der Waals surface area contributed by atoms with Crippen LogP contribution >= 0.6 is 0 Å². The summed E-state index contributed by atoms with van der Waals surface area (Å²) in [4.78, 5) is 11.7. The van der Waals surface area contributed by atoms with Gasteiger partial charge in [0.25, 0.3) is 0 Å². The highest BCUT2D eigenvalue weighted by Gasteiger charge is 2.13. The van der Waals surface area contributed by atoms with E-state index in [9.17, 15) is 0 Å². The molecule has 1 aromatic carbocycles. The number of nitrogens with one attached hydrogen (secondary N) is 1. The number of benzene rings is 1. The molecule has 0 amide bonds. The molecular weight excluding hydrogens is 284 g/mol. The molecule has 1 aliphatic heterocycles. The van der Waals surface area contributed by atoms with Crippen molar-refractivity contribution in [1.29, 1.82) is 0 Å². The Balaban J connectivity index is 1.84. The predicted molar refractivity (Wildman–Crippen MR) is 96.6 cm³/mol. The SMILES string of the molecule is Cc1ccc(Nc2nc(C)cc(N3CCCCCC3)n2)c(C)c1. The quantitative estimate of drug-likeness (QED) is 0.904. The van der Waals surface area contributed by atoms with E-state index in [2.05, 4.69) is 53.3 Å². The summed E-state index contributed by atoms with van der Waals surface area (Å²) in [5.74, 6) is 1.74. The van der Waals surface area contributed by atoms with E-state index in [1.165, 1.54) is 36.8 Å². The van der Waals surface area contributed by atoms with Crippen LogP contribution in [0.5, 0.6) is 0 Å². The standard InChI is InChI=1S/C19H26N4/c1-14-8-9-17(15(2)12-14)21-19-20-16(3)13-18(22-19)23-10-6-4-5-7-11-23/h8-9,12-13H,4-7,10-11H2,1-3H3,(H,20,21,22). The van der Waals surface area contributed by atoms with Crippen LogP contribution in [0.2, 0.25) is 0 Å². The highest BCUT2D eigenvalue weighted by Crippen LogP contribution is 2.23. The summed E-state index contributed by atoms with van der Waals surface area (Å²) < 4.78 is 0. The molecule has 1 aromatic heterocycles. The van der Waals surface area contributed by atoms with Gasteiger partial charge in [-0.2, -0.15) is 4.98 Å². The zero-order chi connectivity index (χ0) is 16.2. The summed E-state index contributed by atoms with van der Waals surface area (Å²) in [6.45, 7) is 8.45. The molecule has 0 radical (unpaired) electrons. The highest BCUT2D eigenvalue weighted by atomic mass is 15.2. The number of nitrogens with zero attached hydrogens (tertiary/aromatic N) is 3. The Bertz CT molecular complexity index is 673. The van der Waals surface area contributed by atoms with Crippen molar-refractivity contribution in [3.63, 3.8) is 0 Å². The lowest BCUT2D eigenvalue weighted by Gasteiger charge is -2.22. The Kier molecular flexibility index (Phi) is 4.79. The zero-order valence-corrected chi connectivity index (χ0v) is 14.4. The topological polar surface area (TPSA) is 41.1 Å². The average Bonchev–Trinajstić information content (AvgIpc) is 2.79. The Morgan fingerprint density at radius 1 is 0.913 bits per heavy atom. The Morgan fingerprint density at radius 3 is 2.35 bits per heavy atom. The summed E-state index contributed by atoms with van der Waals surface area (Å²) in [5, 5.41) is 3.39. The molecule has 2 aromatic rings. The van der Waals surface area contributed by atoms with Gasteiger partial charge < -0.3 is 10.2 Å². The lowest BCUT2D eigenvalue weighted by Crippen LogP contribution is -2.25. The third kappa shape index (κ3) is 4.01. The van der Waals surface area contributed by atoms with E-state index in [0.29, 0.717) is 5.95 Å². The minimum atomic E-state index is 0.691. The van der Waals surface area contributed by atoms with Crippen molar-refractivity contribution in [2.75, 3.05) is 23.3 Å². The van der Waals surface area contributed by atoms with Crippen molar-refractivity contribution in [3.8, 4) is 0 Å². The second-order valence-electron chi connectivity index (χ2n) is 6.54. The van der Waals surface area contributed by atoms with E-state index < -0.39 is 0 Å². The third-order valence-corrected chi connectivity index (χ3v) is 4.40. The van der Waals surface area contributed by atoms with Gasteiger partial charge in [-0.1, -0.05) is 30.5 Å². The molecule has 0 aliphatic carbocycles. The van der Waals surface area contributed by atoms with Gasteiger partial charge in [-0.25, -0.2) is 4.98 Å². The monoisotopic (exact) mass is 310 g/mol. The van der Waals surface area contributed by atoms with Crippen LogP contribution in [0, 0.1) is 20.8 Å². The lowest BCUT2D eigenvalue weighted by molar-refractivity contribution is 0.726. The molecule has 1 aliphatic rings. The first-order chi connectivity index (χ1) is 11.1. The van der Waals surface area contributed by atoms with Gasteiger partial charge >= 0.3 is 0 Å². The van der Waals surface area contributed by atoms with E-state index in [-0.39, 0.29) is 0 Å². The number of aromatic nitrogens is 2. The number of anilines is 3. The van der Waals surface area contributed by atoms with Crippen molar-refractivity contribution in [2.45, 2.75) is 46.5 Å². The van der Waals surface area contributed by atoms with Crippen LogP contribution in [-0.4, -0.2) is 23.1 Å². The molecule has 1 N–H and O–H groups in total. The normalized spacial score (nSPS) is 15.3. The first kappa shape index (κ1) is 15.8. The van der Waals surface area contributed by atoms with E-state index >= 15 is 0 Å². The smallest absolute Gasteiger partial charge is 0.229 e. The summed E-state index contributed by atoms with van der Waals surface area (Å²) >= 11 is 0. The Morgan fingerprint density at radius 2 is 1.65 bits per heavy atom. The van der Waals surface area contributed by atoms with Crippen LogP contribution in [0.15, 0.2) is 24.3 Å². The Labute approximate surface area is 139 Å². The molecule has 4 heteroatoms. The molecule has 122 valence electrons. The molecule has 0 unspecified atom stereocenters. The van der Waals surface area contributed by atoms with Gasteiger partial charge in [0.05, 0.1) is 0 Å². The van der Waals surface area contributed by atoms with Crippen LogP contribution in [0.1, 0.15) is 42.5 Å². The summed E-state index contributed by atoms with van der Waals surface area (Å²) in [7, 11) is 0. The molecule has 1 saturated heterocycles. The lowest BCUT2D eigenvalue weighted by atomic mass is 10.1. The molecule has 2 heterocycles. The maximum absolute atomic E-state index is 4.76. The fourth-order valence-electron chi connectivity index (χ4n) is 3.14. The van der Waals surface area contributed by atoms with Gasteiger partial charge in [0.1, 0.15) is 5.82 Å². The van der Waals surface area contributed by atoms with E-state index in [1.54, 1.807) is 0 Å². The first-order valence-electron chi connectivity index (χ1n) is 8.57. The number of hydrogen-bond donors (Lipinski definition) is 1. The molecule has 0 saturated carbocycles. The van der Waals surface area contributed by atoms with Gasteiger partial charge in [-0.15, -0.1) is 0 Å².